The number of alkyl carbamates (subject to hydrolysis) is 1. The second-order valence-electron chi connectivity index (χ2n) is 6.54. The van der Waals surface area contributed by atoms with Crippen LogP contribution in [0.1, 0.15) is 20.8 Å². The van der Waals surface area contributed by atoms with E-state index >= 15 is 0 Å². The Morgan fingerprint density at radius 2 is 1.87 bits per heavy atom. The van der Waals surface area contributed by atoms with Crippen LogP contribution in [0.2, 0.25) is 0 Å². The van der Waals surface area contributed by atoms with Gasteiger partial charge in [-0.2, -0.15) is 4.31 Å². The molecule has 1 aliphatic rings. The SMILES string of the molecule is CC(C)(C)OC(=O)NCCN(CCN1CCOCC1)S(C)(=O)=O. The van der Waals surface area contributed by atoms with E-state index in [-0.39, 0.29) is 13.1 Å². The molecule has 0 unspecified atom stereocenters. The molecule has 9 heteroatoms. The van der Waals surface area contributed by atoms with Crippen molar-refractivity contribution in [2.24, 2.45) is 0 Å². The first-order chi connectivity index (χ1) is 10.6. The van der Waals surface area contributed by atoms with Gasteiger partial charge in [0.05, 0.1) is 19.5 Å². The number of rotatable bonds is 7. The summed E-state index contributed by atoms with van der Waals surface area (Å²) in [5, 5.41) is 2.58. The average molecular weight is 351 g/mol. The van der Waals surface area contributed by atoms with E-state index in [0.29, 0.717) is 26.3 Å². The number of ether oxygens (including phenoxy) is 2. The highest BCUT2D eigenvalue weighted by Gasteiger charge is 2.20. The Morgan fingerprint density at radius 1 is 1.26 bits per heavy atom. The molecule has 0 saturated carbocycles. The molecule has 1 rings (SSSR count). The maximum Gasteiger partial charge on any atom is 0.407 e. The maximum absolute atomic E-state index is 11.8. The van der Waals surface area contributed by atoms with E-state index < -0.39 is 21.7 Å². The number of morpholine rings is 1. The van der Waals surface area contributed by atoms with Crippen molar-refractivity contribution in [1.29, 1.82) is 0 Å². The van der Waals surface area contributed by atoms with E-state index in [1.54, 1.807) is 20.8 Å². The molecular formula is C14H29N3O5S. The second kappa shape index (κ2) is 8.81. The predicted octanol–water partition coefficient (Wildman–Crippen LogP) is 0.105. The van der Waals surface area contributed by atoms with Crippen LogP contribution in [0, 0.1) is 0 Å². The van der Waals surface area contributed by atoms with Gasteiger partial charge in [-0.1, -0.05) is 0 Å². The first-order valence-electron chi connectivity index (χ1n) is 7.80. The molecule has 1 N–H and O–H groups in total. The van der Waals surface area contributed by atoms with Gasteiger partial charge in [0.1, 0.15) is 5.60 Å². The van der Waals surface area contributed by atoms with Crippen molar-refractivity contribution in [3.8, 4) is 0 Å². The van der Waals surface area contributed by atoms with Crippen LogP contribution in [0.3, 0.4) is 0 Å². The smallest absolute Gasteiger partial charge is 0.407 e. The van der Waals surface area contributed by atoms with Crippen molar-refractivity contribution in [2.75, 3.05) is 58.7 Å². The van der Waals surface area contributed by atoms with Crippen LogP contribution in [0.15, 0.2) is 0 Å². The lowest BCUT2D eigenvalue weighted by Crippen LogP contribution is -2.45. The van der Waals surface area contributed by atoms with Gasteiger partial charge in [-0.15, -0.1) is 0 Å². The van der Waals surface area contributed by atoms with Crippen molar-refractivity contribution in [3.63, 3.8) is 0 Å². The van der Waals surface area contributed by atoms with Crippen LogP contribution in [-0.2, 0) is 19.5 Å². The lowest BCUT2D eigenvalue weighted by atomic mass is 10.2. The van der Waals surface area contributed by atoms with Gasteiger partial charge in [0.25, 0.3) is 0 Å². The van der Waals surface area contributed by atoms with Crippen molar-refractivity contribution in [1.82, 2.24) is 14.5 Å². The normalized spacial score (nSPS) is 17.3. The number of carbonyl (C=O) groups excluding carboxylic acids is 1. The van der Waals surface area contributed by atoms with Crippen LogP contribution in [0.5, 0.6) is 0 Å². The molecule has 0 bridgehead atoms. The Morgan fingerprint density at radius 3 is 2.39 bits per heavy atom. The highest BCUT2D eigenvalue weighted by atomic mass is 32.2. The largest absolute Gasteiger partial charge is 0.444 e. The Hall–Kier alpha value is -0.900. The van der Waals surface area contributed by atoms with Crippen molar-refractivity contribution >= 4 is 16.1 Å². The molecule has 0 aromatic rings. The third-order valence-electron chi connectivity index (χ3n) is 3.27. The lowest BCUT2D eigenvalue weighted by molar-refractivity contribution is 0.0361. The molecular weight excluding hydrogens is 322 g/mol. The predicted molar refractivity (Wildman–Crippen MR) is 87.9 cm³/mol. The molecule has 1 aliphatic heterocycles. The summed E-state index contributed by atoms with van der Waals surface area (Å²) in [6.07, 6.45) is 0.638. The van der Waals surface area contributed by atoms with Crippen LogP contribution in [0.25, 0.3) is 0 Å². The van der Waals surface area contributed by atoms with Gasteiger partial charge in [-0.25, -0.2) is 13.2 Å². The standard InChI is InChI=1S/C14H29N3O5S/c1-14(2,3)22-13(18)15-5-6-17(23(4,19)20)8-7-16-9-11-21-12-10-16/h5-12H2,1-4H3,(H,15,18). The molecule has 1 saturated heterocycles. The molecule has 1 amide bonds. The lowest BCUT2D eigenvalue weighted by Gasteiger charge is -2.29. The first kappa shape index (κ1) is 20.1. The fraction of sp³-hybridized carbons (Fsp3) is 0.929. The van der Waals surface area contributed by atoms with Crippen molar-refractivity contribution in [2.45, 2.75) is 26.4 Å². The number of nitrogens with zero attached hydrogens (tertiary/aromatic N) is 2. The minimum absolute atomic E-state index is 0.213. The second-order valence-corrected chi connectivity index (χ2v) is 8.53. The molecule has 0 atom stereocenters. The van der Waals surface area contributed by atoms with Crippen LogP contribution in [0.4, 0.5) is 4.79 Å². The van der Waals surface area contributed by atoms with Crippen molar-refractivity contribution in [3.05, 3.63) is 0 Å². The zero-order chi connectivity index (χ0) is 17.5. The van der Waals surface area contributed by atoms with E-state index in [0.717, 1.165) is 13.1 Å². The third-order valence-corrected chi connectivity index (χ3v) is 4.57. The summed E-state index contributed by atoms with van der Waals surface area (Å²) in [5.74, 6) is 0. The van der Waals surface area contributed by atoms with E-state index in [4.69, 9.17) is 9.47 Å². The first-order valence-corrected chi connectivity index (χ1v) is 9.65. The Labute approximate surface area is 139 Å². The number of sulfonamides is 1. The molecule has 0 radical (unpaired) electrons. The molecule has 0 aromatic heterocycles. The summed E-state index contributed by atoms with van der Waals surface area (Å²) in [7, 11) is -3.32. The topological polar surface area (TPSA) is 88.2 Å². The highest BCUT2D eigenvalue weighted by Crippen LogP contribution is 2.06. The number of hydrogen-bond donors (Lipinski definition) is 1. The van der Waals surface area contributed by atoms with Gasteiger partial charge in [0.15, 0.2) is 0 Å². The fourth-order valence-corrected chi connectivity index (χ4v) is 2.95. The van der Waals surface area contributed by atoms with Gasteiger partial charge >= 0.3 is 6.09 Å². The Bertz CT molecular complexity index is 469. The van der Waals surface area contributed by atoms with E-state index in [9.17, 15) is 13.2 Å². The Balaban J connectivity index is 2.38. The van der Waals surface area contributed by atoms with Gasteiger partial charge in [-0.05, 0) is 20.8 Å². The molecule has 8 nitrogen and oxygen atoms in total. The zero-order valence-electron chi connectivity index (χ0n) is 14.5. The number of carbonyl (C=O) groups is 1. The monoisotopic (exact) mass is 351 g/mol. The van der Waals surface area contributed by atoms with Gasteiger partial charge in [0.2, 0.25) is 10.0 Å². The highest BCUT2D eigenvalue weighted by molar-refractivity contribution is 7.88. The van der Waals surface area contributed by atoms with Crippen LogP contribution < -0.4 is 5.32 Å². The summed E-state index contributed by atoms with van der Waals surface area (Å²) in [6, 6.07) is 0. The summed E-state index contributed by atoms with van der Waals surface area (Å²) in [4.78, 5) is 13.7. The molecule has 23 heavy (non-hydrogen) atoms. The Kier molecular flexibility index (Phi) is 7.72. The zero-order valence-corrected chi connectivity index (χ0v) is 15.3. The number of nitrogens with one attached hydrogen (secondary N) is 1. The molecule has 136 valence electrons. The van der Waals surface area contributed by atoms with Crippen molar-refractivity contribution < 1.29 is 22.7 Å². The quantitative estimate of drug-likeness (QED) is 0.700. The van der Waals surface area contributed by atoms with Crippen LogP contribution in [-0.4, -0.2) is 88.1 Å². The summed E-state index contributed by atoms with van der Waals surface area (Å²) < 4.78 is 35.5. The van der Waals surface area contributed by atoms with Crippen LogP contribution >= 0.6 is 0 Å². The summed E-state index contributed by atoms with van der Waals surface area (Å²) in [6.45, 7) is 9.80. The molecule has 1 fully saturated rings. The molecule has 0 aromatic carbocycles. The fourth-order valence-electron chi connectivity index (χ4n) is 2.12. The third kappa shape index (κ3) is 9.09. The van der Waals surface area contributed by atoms with Gasteiger partial charge in [0, 0.05) is 39.3 Å². The molecule has 0 aliphatic carbocycles. The van der Waals surface area contributed by atoms with Gasteiger partial charge < -0.3 is 14.8 Å². The maximum atomic E-state index is 11.8. The van der Waals surface area contributed by atoms with E-state index in [1.165, 1.54) is 10.6 Å². The molecule has 1 heterocycles. The van der Waals surface area contributed by atoms with E-state index in [1.807, 2.05) is 0 Å². The van der Waals surface area contributed by atoms with E-state index in [2.05, 4.69) is 10.2 Å². The number of amides is 1. The minimum Gasteiger partial charge on any atom is -0.444 e. The number of hydrogen-bond acceptors (Lipinski definition) is 6. The minimum atomic E-state index is -3.32. The van der Waals surface area contributed by atoms with Gasteiger partial charge in [-0.3, -0.25) is 4.90 Å². The summed E-state index contributed by atoms with van der Waals surface area (Å²) in [5.41, 5.74) is -0.572. The average Bonchev–Trinajstić information content (AvgIpc) is 2.40. The molecule has 0 spiro atoms. The summed E-state index contributed by atoms with van der Waals surface area (Å²) >= 11 is 0.